The van der Waals surface area contributed by atoms with Crippen LogP contribution in [0.1, 0.15) is 58.8 Å². The van der Waals surface area contributed by atoms with Crippen LogP contribution in [0.3, 0.4) is 0 Å². The van der Waals surface area contributed by atoms with Gasteiger partial charge in [0.2, 0.25) is 0 Å². The zero-order chi connectivity index (χ0) is 11.6. The van der Waals surface area contributed by atoms with Crippen LogP contribution >= 0.6 is 0 Å². The van der Waals surface area contributed by atoms with Gasteiger partial charge in [-0.05, 0) is 56.8 Å². The lowest BCUT2D eigenvalue weighted by Crippen LogP contribution is -2.47. The van der Waals surface area contributed by atoms with Gasteiger partial charge in [0, 0.05) is 6.61 Å². The second-order valence-corrected chi connectivity index (χ2v) is 6.18. The third kappa shape index (κ3) is 2.78. The van der Waals surface area contributed by atoms with Crippen LogP contribution < -0.4 is 0 Å². The van der Waals surface area contributed by atoms with Crippen molar-refractivity contribution in [3.63, 3.8) is 0 Å². The first-order valence-electron chi connectivity index (χ1n) is 6.93. The molecule has 0 amide bonds. The van der Waals surface area contributed by atoms with E-state index in [0.29, 0.717) is 11.8 Å². The van der Waals surface area contributed by atoms with Crippen molar-refractivity contribution in [3.05, 3.63) is 0 Å². The summed E-state index contributed by atoms with van der Waals surface area (Å²) in [7, 11) is 0. The minimum atomic E-state index is -0.0937. The van der Waals surface area contributed by atoms with E-state index in [1.807, 2.05) is 0 Å². The predicted molar refractivity (Wildman–Crippen MR) is 65.3 cm³/mol. The molecule has 0 aromatic heterocycles. The maximum absolute atomic E-state index is 10.2. The van der Waals surface area contributed by atoms with Gasteiger partial charge in [0.15, 0.2) is 0 Å². The van der Waals surface area contributed by atoms with Crippen LogP contribution in [-0.4, -0.2) is 23.4 Å². The molecule has 0 radical (unpaired) electrons. The third-order valence-corrected chi connectivity index (χ3v) is 4.38. The van der Waals surface area contributed by atoms with Crippen molar-refractivity contribution in [3.8, 4) is 0 Å². The van der Waals surface area contributed by atoms with Crippen molar-refractivity contribution in [2.75, 3.05) is 6.61 Å². The van der Waals surface area contributed by atoms with Gasteiger partial charge in [-0.1, -0.05) is 13.8 Å². The van der Waals surface area contributed by atoms with Crippen LogP contribution in [0.4, 0.5) is 0 Å². The second kappa shape index (κ2) is 5.05. The molecule has 1 saturated carbocycles. The number of rotatable bonds is 4. The van der Waals surface area contributed by atoms with Crippen LogP contribution in [0.2, 0.25) is 0 Å². The topological polar surface area (TPSA) is 29.5 Å². The van der Waals surface area contributed by atoms with Crippen LogP contribution in [0.5, 0.6) is 0 Å². The first-order chi connectivity index (χ1) is 7.61. The molecule has 0 bridgehead atoms. The summed E-state index contributed by atoms with van der Waals surface area (Å²) in [6.45, 7) is 5.32. The highest BCUT2D eigenvalue weighted by Crippen LogP contribution is 2.45. The molecule has 2 unspecified atom stereocenters. The molecule has 16 heavy (non-hydrogen) atoms. The first-order valence-corrected chi connectivity index (χ1v) is 6.93. The first kappa shape index (κ1) is 12.4. The average molecular weight is 226 g/mol. The normalized spacial score (nSPS) is 30.4. The van der Waals surface area contributed by atoms with E-state index in [1.165, 1.54) is 19.3 Å². The Morgan fingerprint density at radius 3 is 2.62 bits per heavy atom. The van der Waals surface area contributed by atoms with E-state index in [4.69, 9.17) is 4.74 Å². The molecule has 1 aliphatic carbocycles. The van der Waals surface area contributed by atoms with E-state index in [0.717, 1.165) is 32.3 Å². The minimum Gasteiger partial charge on any atom is -0.393 e. The Bertz CT molecular complexity index is 221. The number of hydrogen-bond acceptors (Lipinski definition) is 2. The van der Waals surface area contributed by atoms with E-state index in [9.17, 15) is 5.11 Å². The molecule has 2 rings (SSSR count). The second-order valence-electron chi connectivity index (χ2n) is 6.18. The molecule has 2 nitrogen and oxygen atoms in total. The lowest BCUT2D eigenvalue weighted by molar-refractivity contribution is -0.157. The molecular weight excluding hydrogens is 200 g/mol. The Morgan fingerprint density at radius 2 is 2.06 bits per heavy atom. The monoisotopic (exact) mass is 226 g/mol. The zero-order valence-corrected chi connectivity index (χ0v) is 10.7. The lowest BCUT2D eigenvalue weighted by Gasteiger charge is -2.48. The summed E-state index contributed by atoms with van der Waals surface area (Å²) in [4.78, 5) is 0. The molecule has 0 aromatic carbocycles. The standard InChI is InChI=1S/C14H26O2/c1-11(2)4-5-13(15)12-6-9-16-14(10-12)7-3-8-14/h11-13,15H,3-10H2,1-2H3. The number of hydrogen-bond donors (Lipinski definition) is 1. The van der Waals surface area contributed by atoms with E-state index in [2.05, 4.69) is 13.8 Å². The Labute approximate surface area is 99.4 Å². The van der Waals surface area contributed by atoms with Crippen molar-refractivity contribution in [2.45, 2.75) is 70.5 Å². The number of ether oxygens (including phenoxy) is 1. The van der Waals surface area contributed by atoms with Gasteiger partial charge < -0.3 is 9.84 Å². The smallest absolute Gasteiger partial charge is 0.0686 e. The van der Waals surface area contributed by atoms with E-state index in [1.54, 1.807) is 0 Å². The molecule has 1 aliphatic heterocycles. The summed E-state index contributed by atoms with van der Waals surface area (Å²) in [6.07, 6.45) is 7.94. The molecule has 1 N–H and O–H groups in total. The zero-order valence-electron chi connectivity index (χ0n) is 10.7. The summed E-state index contributed by atoms with van der Waals surface area (Å²) >= 11 is 0. The summed E-state index contributed by atoms with van der Waals surface area (Å²) in [5.41, 5.74) is 0.182. The van der Waals surface area contributed by atoms with Gasteiger partial charge in [0.1, 0.15) is 0 Å². The van der Waals surface area contributed by atoms with Gasteiger partial charge in [-0.25, -0.2) is 0 Å². The van der Waals surface area contributed by atoms with Gasteiger partial charge in [0.05, 0.1) is 11.7 Å². The van der Waals surface area contributed by atoms with E-state index < -0.39 is 0 Å². The molecule has 2 fully saturated rings. The van der Waals surface area contributed by atoms with Gasteiger partial charge in [-0.3, -0.25) is 0 Å². The lowest BCUT2D eigenvalue weighted by atomic mass is 9.70. The summed E-state index contributed by atoms with van der Waals surface area (Å²) in [5.74, 6) is 1.19. The van der Waals surface area contributed by atoms with Crippen LogP contribution in [0.15, 0.2) is 0 Å². The van der Waals surface area contributed by atoms with Crippen molar-refractivity contribution >= 4 is 0 Å². The summed E-state index contributed by atoms with van der Waals surface area (Å²) in [5, 5.41) is 10.2. The number of aliphatic hydroxyl groups is 1. The maximum Gasteiger partial charge on any atom is 0.0686 e. The molecule has 2 atom stereocenters. The highest BCUT2D eigenvalue weighted by Gasteiger charge is 2.43. The highest BCUT2D eigenvalue weighted by molar-refractivity contribution is 4.95. The average Bonchev–Trinajstić information content (AvgIpc) is 2.24. The largest absolute Gasteiger partial charge is 0.393 e. The van der Waals surface area contributed by atoms with Crippen molar-refractivity contribution in [1.82, 2.24) is 0 Å². The molecule has 0 aromatic rings. The van der Waals surface area contributed by atoms with E-state index in [-0.39, 0.29) is 11.7 Å². The SMILES string of the molecule is CC(C)CCC(O)C1CCOC2(CCC2)C1. The Morgan fingerprint density at radius 1 is 1.31 bits per heavy atom. The highest BCUT2D eigenvalue weighted by atomic mass is 16.5. The third-order valence-electron chi connectivity index (χ3n) is 4.38. The molecule has 2 aliphatic rings. The maximum atomic E-state index is 10.2. The van der Waals surface area contributed by atoms with Crippen molar-refractivity contribution < 1.29 is 9.84 Å². The quantitative estimate of drug-likeness (QED) is 0.798. The molecular formula is C14H26O2. The van der Waals surface area contributed by atoms with Crippen LogP contribution in [0.25, 0.3) is 0 Å². The van der Waals surface area contributed by atoms with Crippen molar-refractivity contribution in [2.24, 2.45) is 11.8 Å². The van der Waals surface area contributed by atoms with Crippen LogP contribution in [0, 0.1) is 11.8 Å². The van der Waals surface area contributed by atoms with Gasteiger partial charge in [-0.15, -0.1) is 0 Å². The van der Waals surface area contributed by atoms with Crippen LogP contribution in [-0.2, 0) is 4.74 Å². The Kier molecular flexibility index (Phi) is 3.91. The van der Waals surface area contributed by atoms with E-state index >= 15 is 0 Å². The Balaban J connectivity index is 1.79. The molecule has 94 valence electrons. The summed E-state index contributed by atoms with van der Waals surface area (Å²) in [6, 6.07) is 0. The van der Waals surface area contributed by atoms with Gasteiger partial charge in [-0.2, -0.15) is 0 Å². The molecule has 1 spiro atoms. The summed E-state index contributed by atoms with van der Waals surface area (Å²) < 4.78 is 5.90. The van der Waals surface area contributed by atoms with Gasteiger partial charge in [0.25, 0.3) is 0 Å². The molecule has 1 saturated heterocycles. The fourth-order valence-electron chi connectivity index (χ4n) is 3.05. The molecule has 2 heteroatoms. The minimum absolute atomic E-state index is 0.0937. The number of aliphatic hydroxyl groups excluding tert-OH is 1. The molecule has 1 heterocycles. The fourth-order valence-corrected chi connectivity index (χ4v) is 3.05. The van der Waals surface area contributed by atoms with Gasteiger partial charge >= 0.3 is 0 Å². The van der Waals surface area contributed by atoms with Crippen molar-refractivity contribution in [1.29, 1.82) is 0 Å². The fraction of sp³-hybridized carbons (Fsp3) is 1.00. The predicted octanol–water partition coefficient (Wildman–Crippen LogP) is 3.13. The Hall–Kier alpha value is -0.0800.